The Kier molecular flexibility index (Phi) is 5.33. The minimum absolute atomic E-state index is 0.0669. The van der Waals surface area contributed by atoms with E-state index in [0.29, 0.717) is 18.7 Å². The van der Waals surface area contributed by atoms with E-state index in [1.54, 1.807) is 4.90 Å². The normalized spacial score (nSPS) is 14.8. The second-order valence-corrected chi connectivity index (χ2v) is 6.12. The lowest BCUT2D eigenvalue weighted by molar-refractivity contribution is 0.0893. The largest absolute Gasteiger partial charge is 0.453 e. The molecule has 0 atom stereocenters. The molecule has 2 amide bonds. The molecule has 130 valence electrons. The maximum Gasteiger partial charge on any atom is 0.409 e. The van der Waals surface area contributed by atoms with Crippen LogP contribution in [0.2, 0.25) is 0 Å². The van der Waals surface area contributed by atoms with Crippen LogP contribution in [0.4, 0.5) is 4.79 Å². The zero-order chi connectivity index (χ0) is 17.6. The highest BCUT2D eigenvalue weighted by Crippen LogP contribution is 2.23. The Hall–Kier alpha value is -2.82. The first-order chi connectivity index (χ1) is 12.2. The number of piperidine rings is 1. The van der Waals surface area contributed by atoms with Gasteiger partial charge in [-0.1, -0.05) is 48.5 Å². The van der Waals surface area contributed by atoms with E-state index in [9.17, 15) is 9.59 Å². The van der Waals surface area contributed by atoms with Gasteiger partial charge in [-0.15, -0.1) is 0 Å². The fraction of sp³-hybridized carbons (Fsp3) is 0.300. The molecule has 1 saturated heterocycles. The lowest BCUT2D eigenvalue weighted by Crippen LogP contribution is -2.46. The van der Waals surface area contributed by atoms with E-state index in [0.717, 1.165) is 24.0 Å². The van der Waals surface area contributed by atoms with E-state index in [1.165, 1.54) is 7.11 Å². The first kappa shape index (κ1) is 17.0. The van der Waals surface area contributed by atoms with Crippen molar-refractivity contribution in [3.05, 3.63) is 60.2 Å². The van der Waals surface area contributed by atoms with E-state index in [-0.39, 0.29) is 18.0 Å². The number of benzene rings is 2. The van der Waals surface area contributed by atoms with Crippen LogP contribution in [0, 0.1) is 0 Å². The Morgan fingerprint density at radius 2 is 1.64 bits per heavy atom. The highest BCUT2D eigenvalue weighted by Gasteiger charge is 2.25. The summed E-state index contributed by atoms with van der Waals surface area (Å²) in [6, 6.07) is 17.6. The lowest BCUT2D eigenvalue weighted by Gasteiger charge is -2.31. The van der Waals surface area contributed by atoms with Gasteiger partial charge in [0.25, 0.3) is 5.91 Å². The van der Waals surface area contributed by atoms with Gasteiger partial charge < -0.3 is 15.0 Å². The number of methoxy groups -OCH3 is 1. The third kappa shape index (κ3) is 3.99. The number of carbonyl (C=O) groups excluding carboxylic acids is 2. The van der Waals surface area contributed by atoms with Gasteiger partial charge in [0.1, 0.15) is 0 Å². The first-order valence-electron chi connectivity index (χ1n) is 8.47. The Morgan fingerprint density at radius 1 is 1.00 bits per heavy atom. The van der Waals surface area contributed by atoms with E-state index >= 15 is 0 Å². The van der Waals surface area contributed by atoms with Crippen molar-refractivity contribution < 1.29 is 14.3 Å². The molecule has 0 unspecified atom stereocenters. The molecule has 0 radical (unpaired) electrons. The van der Waals surface area contributed by atoms with Crippen molar-refractivity contribution in [3.63, 3.8) is 0 Å². The minimum atomic E-state index is -0.306. The van der Waals surface area contributed by atoms with Crippen LogP contribution in [-0.2, 0) is 4.74 Å². The van der Waals surface area contributed by atoms with Crippen molar-refractivity contribution in [1.82, 2.24) is 10.2 Å². The Bertz CT molecular complexity index is 738. The highest BCUT2D eigenvalue weighted by molar-refractivity contribution is 6.01. The molecule has 2 aromatic rings. The minimum Gasteiger partial charge on any atom is -0.453 e. The van der Waals surface area contributed by atoms with E-state index in [1.807, 2.05) is 54.6 Å². The topological polar surface area (TPSA) is 58.6 Å². The third-order valence-corrected chi connectivity index (χ3v) is 4.52. The molecule has 0 aromatic heterocycles. The molecule has 25 heavy (non-hydrogen) atoms. The van der Waals surface area contributed by atoms with Gasteiger partial charge in [-0.3, -0.25) is 4.79 Å². The number of amides is 2. The summed E-state index contributed by atoms with van der Waals surface area (Å²) in [5.41, 5.74) is 2.62. The molecule has 0 spiro atoms. The molecule has 1 fully saturated rings. The van der Waals surface area contributed by atoms with Crippen molar-refractivity contribution in [1.29, 1.82) is 0 Å². The number of nitrogens with zero attached hydrogens (tertiary/aromatic N) is 1. The number of rotatable bonds is 3. The van der Waals surface area contributed by atoms with Crippen LogP contribution in [0.15, 0.2) is 54.6 Å². The number of hydrogen-bond acceptors (Lipinski definition) is 3. The summed E-state index contributed by atoms with van der Waals surface area (Å²) in [7, 11) is 1.39. The molecular formula is C20H22N2O3. The SMILES string of the molecule is COC(=O)N1CCC(NC(=O)c2ccccc2-c2ccccc2)CC1. The quantitative estimate of drug-likeness (QED) is 0.934. The van der Waals surface area contributed by atoms with Crippen LogP contribution in [0.1, 0.15) is 23.2 Å². The van der Waals surface area contributed by atoms with Crippen LogP contribution in [0.25, 0.3) is 11.1 Å². The van der Waals surface area contributed by atoms with Crippen LogP contribution in [0.3, 0.4) is 0 Å². The number of hydrogen-bond donors (Lipinski definition) is 1. The molecule has 0 aliphatic carbocycles. The summed E-state index contributed by atoms with van der Waals surface area (Å²) in [6.45, 7) is 1.19. The Labute approximate surface area is 147 Å². The van der Waals surface area contributed by atoms with Crippen molar-refractivity contribution >= 4 is 12.0 Å². The maximum absolute atomic E-state index is 12.8. The van der Waals surface area contributed by atoms with Gasteiger partial charge in [-0.05, 0) is 30.0 Å². The average molecular weight is 338 g/mol. The molecule has 2 aromatic carbocycles. The molecule has 0 saturated carbocycles. The Morgan fingerprint density at radius 3 is 2.32 bits per heavy atom. The highest BCUT2D eigenvalue weighted by atomic mass is 16.5. The second kappa shape index (κ2) is 7.83. The van der Waals surface area contributed by atoms with Crippen LogP contribution in [-0.4, -0.2) is 43.1 Å². The lowest BCUT2D eigenvalue weighted by atomic mass is 9.98. The molecule has 1 N–H and O–H groups in total. The summed E-state index contributed by atoms with van der Waals surface area (Å²) >= 11 is 0. The number of carbonyl (C=O) groups is 2. The molecule has 0 bridgehead atoms. The van der Waals surface area contributed by atoms with Crippen molar-refractivity contribution in [3.8, 4) is 11.1 Å². The van der Waals surface area contributed by atoms with Crippen LogP contribution in [0.5, 0.6) is 0 Å². The third-order valence-electron chi connectivity index (χ3n) is 4.52. The van der Waals surface area contributed by atoms with E-state index < -0.39 is 0 Å². The number of nitrogens with one attached hydrogen (secondary N) is 1. The summed E-state index contributed by atoms with van der Waals surface area (Å²) in [5.74, 6) is -0.0732. The van der Waals surface area contributed by atoms with E-state index in [2.05, 4.69) is 5.32 Å². The predicted molar refractivity (Wildman–Crippen MR) is 96.3 cm³/mol. The van der Waals surface area contributed by atoms with Gasteiger partial charge in [-0.2, -0.15) is 0 Å². The fourth-order valence-electron chi connectivity index (χ4n) is 3.15. The summed E-state index contributed by atoms with van der Waals surface area (Å²) in [6.07, 6.45) is 1.15. The maximum atomic E-state index is 12.8. The fourth-order valence-corrected chi connectivity index (χ4v) is 3.15. The summed E-state index contributed by atoms with van der Waals surface area (Å²) < 4.78 is 4.74. The summed E-state index contributed by atoms with van der Waals surface area (Å²) in [4.78, 5) is 26.0. The van der Waals surface area contributed by atoms with Gasteiger partial charge in [0.15, 0.2) is 0 Å². The van der Waals surface area contributed by atoms with Crippen LogP contribution < -0.4 is 5.32 Å². The molecule has 3 rings (SSSR count). The van der Waals surface area contributed by atoms with Crippen molar-refractivity contribution in [2.75, 3.05) is 20.2 Å². The van der Waals surface area contributed by atoms with Crippen molar-refractivity contribution in [2.45, 2.75) is 18.9 Å². The Balaban J connectivity index is 1.68. The molecule has 1 aliphatic rings. The molecule has 1 heterocycles. The molecule has 5 nitrogen and oxygen atoms in total. The first-order valence-corrected chi connectivity index (χ1v) is 8.47. The molecule has 5 heteroatoms. The average Bonchev–Trinajstić information content (AvgIpc) is 2.68. The van der Waals surface area contributed by atoms with E-state index in [4.69, 9.17) is 4.74 Å². The predicted octanol–water partition coefficient (Wildman–Crippen LogP) is 3.31. The van der Waals surface area contributed by atoms with Gasteiger partial charge in [-0.25, -0.2) is 4.79 Å². The number of ether oxygens (including phenoxy) is 1. The zero-order valence-corrected chi connectivity index (χ0v) is 14.3. The van der Waals surface area contributed by atoms with Gasteiger partial charge >= 0.3 is 6.09 Å². The van der Waals surface area contributed by atoms with Crippen molar-refractivity contribution in [2.24, 2.45) is 0 Å². The smallest absolute Gasteiger partial charge is 0.409 e. The van der Waals surface area contributed by atoms with Gasteiger partial charge in [0, 0.05) is 24.7 Å². The summed E-state index contributed by atoms with van der Waals surface area (Å²) in [5, 5.41) is 3.11. The molecule has 1 aliphatic heterocycles. The zero-order valence-electron chi connectivity index (χ0n) is 14.3. The standard InChI is InChI=1S/C20H22N2O3/c1-25-20(24)22-13-11-16(12-14-22)21-19(23)18-10-6-5-9-17(18)15-7-3-2-4-8-15/h2-10,16H,11-14H2,1H3,(H,21,23). The monoisotopic (exact) mass is 338 g/mol. The molecular weight excluding hydrogens is 316 g/mol. The second-order valence-electron chi connectivity index (χ2n) is 6.12. The van der Waals surface area contributed by atoms with Gasteiger partial charge in [0.2, 0.25) is 0 Å². The van der Waals surface area contributed by atoms with Gasteiger partial charge in [0.05, 0.1) is 7.11 Å². The van der Waals surface area contributed by atoms with Crippen LogP contribution >= 0.6 is 0 Å². The number of likely N-dealkylation sites (tertiary alicyclic amines) is 1.